The van der Waals surface area contributed by atoms with Gasteiger partial charge in [-0.3, -0.25) is 0 Å². The molecule has 0 fully saturated rings. The van der Waals surface area contributed by atoms with Crippen LogP contribution < -0.4 is 0 Å². The van der Waals surface area contributed by atoms with E-state index < -0.39 is 105 Å². The molecule has 0 rings (SSSR count). The largest absolute Gasteiger partial charge is 0.478 e. The van der Waals surface area contributed by atoms with Crippen molar-refractivity contribution >= 4 is 41.8 Å². The molecule has 22 nitrogen and oxygen atoms in total. The number of aliphatic hydroxyl groups excluding tert-OH is 8. The molecule has 0 heterocycles. The van der Waals surface area contributed by atoms with Gasteiger partial charge in [0.15, 0.2) is 0 Å². The summed E-state index contributed by atoms with van der Waals surface area (Å²) in [5, 5.41) is 114. The van der Waals surface area contributed by atoms with E-state index in [1.165, 1.54) is 0 Å². The lowest BCUT2D eigenvalue weighted by atomic mass is 9.93. The number of esters is 1. The van der Waals surface area contributed by atoms with E-state index in [1.807, 2.05) is 0 Å². The van der Waals surface area contributed by atoms with Gasteiger partial charge in [-0.15, -0.1) is 0 Å². The number of hydrogen-bond donors (Lipinski definition) is 14. The molecule has 0 spiro atoms. The Kier molecular flexibility index (Phi) is 70.0. The fourth-order valence-electron chi connectivity index (χ4n) is 0.730. The van der Waals surface area contributed by atoms with Gasteiger partial charge < -0.3 is 76.2 Å². The maximum absolute atomic E-state index is 10.0. The first-order valence-electron chi connectivity index (χ1n) is 13.9. The van der Waals surface area contributed by atoms with E-state index in [1.54, 1.807) is 0 Å². The van der Waals surface area contributed by atoms with Gasteiger partial charge in [0.2, 0.25) is 0 Å². The number of carboxylic acids is 6. The number of carboxylic acid groups (broad SMARTS) is 6. The highest BCUT2D eigenvalue weighted by Crippen LogP contribution is 2.12. The van der Waals surface area contributed by atoms with Gasteiger partial charge in [-0.25, -0.2) is 33.6 Å². The maximum Gasteiger partial charge on any atom is 0.334 e. The van der Waals surface area contributed by atoms with Crippen LogP contribution in [0.1, 0.15) is 0 Å². The van der Waals surface area contributed by atoms with Crippen LogP contribution in [0.15, 0.2) is 101 Å². The summed E-state index contributed by atoms with van der Waals surface area (Å²) in [4.78, 5) is 65.5. The van der Waals surface area contributed by atoms with E-state index in [2.05, 4.69) is 57.4 Å². The highest BCUT2D eigenvalue weighted by molar-refractivity contribution is 5.81. The molecule has 0 saturated heterocycles. The second-order valence-corrected chi connectivity index (χ2v) is 8.33. The van der Waals surface area contributed by atoms with Crippen molar-refractivity contribution in [2.24, 2.45) is 10.8 Å². The lowest BCUT2D eigenvalue weighted by molar-refractivity contribution is -0.133. The molecular formula is C33H54O22. The second-order valence-electron chi connectivity index (χ2n) is 8.33. The Bertz CT molecular complexity index is 924. The molecular weight excluding hydrogens is 748 g/mol. The molecule has 0 bridgehead atoms. The fourth-order valence-corrected chi connectivity index (χ4v) is 0.730. The second kappa shape index (κ2) is 54.7. The molecule has 0 aliphatic rings. The summed E-state index contributed by atoms with van der Waals surface area (Å²) in [5.41, 5.74) is -2.22. The summed E-state index contributed by atoms with van der Waals surface area (Å²) in [6.45, 7) is 20.8. The van der Waals surface area contributed by atoms with Gasteiger partial charge in [0.1, 0.15) is 0 Å². The van der Waals surface area contributed by atoms with Crippen molar-refractivity contribution in [3.63, 3.8) is 0 Å². The molecule has 0 saturated carbocycles. The fraction of sp³-hybridized carbons (Fsp3) is 0.303. The minimum absolute atomic E-state index is 0.406. The molecule has 318 valence electrons. The normalized spacial score (nSPS) is 8.29. The quantitative estimate of drug-likeness (QED) is 0.0469. The molecule has 0 radical (unpaired) electrons. The summed E-state index contributed by atoms with van der Waals surface area (Å²) < 4.78 is 4.20. The van der Waals surface area contributed by atoms with Gasteiger partial charge in [0.25, 0.3) is 0 Å². The number of aliphatic carboxylic acids is 6. The summed E-state index contributed by atoms with van der Waals surface area (Å²) in [7, 11) is 0. The number of aliphatic hydroxyl groups is 8. The molecule has 0 aromatic heterocycles. The molecule has 14 N–H and O–H groups in total. The molecule has 0 amide bonds. The van der Waals surface area contributed by atoms with E-state index in [9.17, 15) is 33.6 Å². The van der Waals surface area contributed by atoms with Crippen molar-refractivity contribution in [3.8, 4) is 0 Å². The van der Waals surface area contributed by atoms with Crippen molar-refractivity contribution in [1.29, 1.82) is 0 Å². The van der Waals surface area contributed by atoms with Crippen molar-refractivity contribution in [3.05, 3.63) is 101 Å². The Labute approximate surface area is 316 Å². The summed E-state index contributed by atoms with van der Waals surface area (Å²) in [6.07, 6.45) is 7.13. The Balaban J connectivity index is -0.0000000626. The number of carbonyl (C=O) groups excluding carboxylic acids is 1. The first-order valence-corrected chi connectivity index (χ1v) is 13.9. The first kappa shape index (κ1) is 70.5. The first-order chi connectivity index (χ1) is 25.4. The third-order valence-electron chi connectivity index (χ3n) is 4.10. The van der Waals surface area contributed by atoms with Crippen LogP contribution in [0, 0.1) is 10.8 Å². The van der Waals surface area contributed by atoms with Crippen LogP contribution in [0.3, 0.4) is 0 Å². The van der Waals surface area contributed by atoms with Crippen molar-refractivity contribution in [2.45, 2.75) is 0 Å². The van der Waals surface area contributed by atoms with Gasteiger partial charge in [0.05, 0.1) is 69.9 Å². The van der Waals surface area contributed by atoms with Crippen LogP contribution in [0.2, 0.25) is 0 Å². The average molecular weight is 803 g/mol. The number of carbonyl (C=O) groups is 7. The van der Waals surface area contributed by atoms with Crippen LogP contribution in [0.5, 0.6) is 0 Å². The third kappa shape index (κ3) is 82.8. The van der Waals surface area contributed by atoms with E-state index in [4.69, 9.17) is 71.5 Å². The molecule has 0 atom stereocenters. The van der Waals surface area contributed by atoms with Crippen LogP contribution in [-0.2, 0) is 38.3 Å². The van der Waals surface area contributed by atoms with Crippen molar-refractivity contribution in [2.75, 3.05) is 52.9 Å². The molecule has 0 aliphatic heterocycles. The van der Waals surface area contributed by atoms with E-state index in [0.29, 0.717) is 0 Å². The minimum Gasteiger partial charge on any atom is -0.478 e. The number of ether oxygens (including phenoxy) is 1. The van der Waals surface area contributed by atoms with Gasteiger partial charge >= 0.3 is 41.8 Å². The minimum atomic E-state index is -1.11. The van der Waals surface area contributed by atoms with Crippen LogP contribution in [0.4, 0.5) is 0 Å². The zero-order valence-electron chi connectivity index (χ0n) is 30.0. The third-order valence-corrected chi connectivity index (χ3v) is 4.10. The summed E-state index contributed by atoms with van der Waals surface area (Å²) >= 11 is 0. The highest BCUT2D eigenvalue weighted by Gasteiger charge is 2.27. The predicted octanol–water partition coefficient (Wildman–Crippen LogP) is -1.71. The predicted molar refractivity (Wildman–Crippen MR) is 195 cm³/mol. The van der Waals surface area contributed by atoms with Crippen LogP contribution in [0.25, 0.3) is 0 Å². The number of rotatable bonds is 16. The number of hydrogen-bond acceptors (Lipinski definition) is 16. The molecule has 22 heteroatoms. The Morgan fingerprint density at radius 3 is 0.491 bits per heavy atom. The zero-order chi connectivity index (χ0) is 46.1. The monoisotopic (exact) mass is 802 g/mol. The lowest BCUT2D eigenvalue weighted by Crippen LogP contribution is -2.37. The van der Waals surface area contributed by atoms with Gasteiger partial charge in [-0.05, 0) is 0 Å². The van der Waals surface area contributed by atoms with Gasteiger partial charge in [-0.2, -0.15) is 0 Å². The van der Waals surface area contributed by atoms with Crippen molar-refractivity contribution in [1.82, 2.24) is 0 Å². The van der Waals surface area contributed by atoms with E-state index in [-0.39, 0.29) is 0 Å². The van der Waals surface area contributed by atoms with E-state index in [0.717, 1.165) is 48.8 Å². The SMILES string of the molecule is C=CC(=O)O.C=CC(=O)O.C=CC(=O)O.C=CC(=O)O.C=CC(=O)O.C=CC(=O)O.C=COC(=O)C=C.OCC(CO)(CO)CO.OCC(CO)(CO)CO. The molecule has 0 aliphatic carbocycles. The Hall–Kier alpha value is -6.11. The molecule has 0 aromatic rings. The summed E-state index contributed by atoms with van der Waals surface area (Å²) in [5.74, 6) is -6.37. The standard InChI is InChI=1S/2C5H12O4.C5H6O2.6C3H4O2/c2*6-1-5(2-7,3-8)4-9;1-3-5(6)7-4-2;6*1-2-3(4)5/h2*6-9H,1-4H2;3-4H,1-2H2;6*2H,1H2,(H,4,5). The zero-order valence-corrected chi connectivity index (χ0v) is 30.0. The average Bonchev–Trinajstić information content (AvgIpc) is 3.18. The van der Waals surface area contributed by atoms with Crippen LogP contribution in [-0.4, -0.2) is 166 Å². The Morgan fingerprint density at radius 1 is 0.345 bits per heavy atom. The topological polar surface area (TPSA) is 412 Å². The Morgan fingerprint density at radius 2 is 0.473 bits per heavy atom. The van der Waals surface area contributed by atoms with Gasteiger partial charge in [0, 0.05) is 42.5 Å². The molecule has 0 unspecified atom stereocenters. The van der Waals surface area contributed by atoms with Crippen LogP contribution >= 0.6 is 0 Å². The smallest absolute Gasteiger partial charge is 0.334 e. The summed E-state index contributed by atoms with van der Waals surface area (Å²) in [6, 6.07) is 0. The van der Waals surface area contributed by atoms with E-state index >= 15 is 0 Å². The highest BCUT2D eigenvalue weighted by atomic mass is 16.5. The van der Waals surface area contributed by atoms with Crippen molar-refractivity contribution < 1.29 is 110 Å². The lowest BCUT2D eigenvalue weighted by Gasteiger charge is -2.23. The molecule has 55 heavy (non-hydrogen) atoms. The van der Waals surface area contributed by atoms with Gasteiger partial charge in [-0.1, -0.05) is 52.6 Å². The molecule has 0 aromatic carbocycles. The maximum atomic E-state index is 10.0.